The number of allylic oxidation sites excluding steroid dienone is 1. The summed E-state index contributed by atoms with van der Waals surface area (Å²) in [4.78, 5) is 21.3. The first kappa shape index (κ1) is 20.5. The molecule has 0 aromatic rings. The summed E-state index contributed by atoms with van der Waals surface area (Å²) in [6.07, 6.45) is 13.8. The predicted molar refractivity (Wildman–Crippen MR) is 95.7 cm³/mol. The van der Waals surface area contributed by atoms with E-state index < -0.39 is 5.97 Å². The van der Waals surface area contributed by atoms with Gasteiger partial charge in [-0.25, -0.2) is 9.59 Å². The van der Waals surface area contributed by atoms with Crippen LogP contribution in [0.25, 0.3) is 0 Å². The van der Waals surface area contributed by atoms with Crippen molar-refractivity contribution in [3.63, 3.8) is 0 Å². The molecule has 24 heavy (non-hydrogen) atoms. The predicted octanol–water partition coefficient (Wildman–Crippen LogP) is 4.89. The molecular weight excluding hydrogens is 304 g/mol. The van der Waals surface area contributed by atoms with Gasteiger partial charge in [-0.1, -0.05) is 38.8 Å². The molecule has 2 fully saturated rings. The summed E-state index contributed by atoms with van der Waals surface area (Å²) in [6, 6.07) is 0. The van der Waals surface area contributed by atoms with E-state index in [0.717, 1.165) is 31.6 Å². The summed E-state index contributed by atoms with van der Waals surface area (Å²) in [7, 11) is 0. The highest BCUT2D eigenvalue weighted by Gasteiger charge is 2.17. The van der Waals surface area contributed by atoms with E-state index in [0.29, 0.717) is 11.5 Å². The van der Waals surface area contributed by atoms with Gasteiger partial charge in [0, 0.05) is 11.6 Å². The van der Waals surface area contributed by atoms with E-state index in [1.165, 1.54) is 38.2 Å². The molecule has 0 unspecified atom stereocenters. The Morgan fingerprint density at radius 1 is 1.04 bits per heavy atom. The van der Waals surface area contributed by atoms with Crippen LogP contribution in [0.2, 0.25) is 0 Å². The Kier molecular flexibility index (Phi) is 9.43. The van der Waals surface area contributed by atoms with Crippen LogP contribution in [-0.4, -0.2) is 23.1 Å². The van der Waals surface area contributed by atoms with Crippen molar-refractivity contribution >= 4 is 11.9 Å². The number of aliphatic carboxylic acids is 1. The van der Waals surface area contributed by atoms with Gasteiger partial charge in [-0.3, -0.25) is 0 Å². The molecule has 0 aromatic carbocycles. The maximum atomic E-state index is 11.1. The third kappa shape index (κ3) is 8.90. The monoisotopic (exact) mass is 336 g/mol. The van der Waals surface area contributed by atoms with E-state index in [-0.39, 0.29) is 12.1 Å². The molecule has 2 saturated carbocycles. The van der Waals surface area contributed by atoms with Crippen molar-refractivity contribution in [1.82, 2.24) is 0 Å². The first-order valence-electron chi connectivity index (χ1n) is 9.16. The van der Waals surface area contributed by atoms with Crippen molar-refractivity contribution in [2.45, 2.75) is 77.7 Å². The van der Waals surface area contributed by atoms with Crippen LogP contribution < -0.4 is 0 Å². The molecular formula is C20H32O4. The second-order valence-corrected chi connectivity index (χ2v) is 7.16. The van der Waals surface area contributed by atoms with Crippen LogP contribution in [0.4, 0.5) is 0 Å². The lowest BCUT2D eigenvalue weighted by molar-refractivity contribution is -0.145. The van der Waals surface area contributed by atoms with Crippen molar-refractivity contribution in [3.8, 4) is 0 Å². The molecule has 4 nitrogen and oxygen atoms in total. The zero-order valence-electron chi connectivity index (χ0n) is 15.1. The van der Waals surface area contributed by atoms with Crippen LogP contribution in [0, 0.1) is 11.8 Å². The SMILES string of the molecule is C=C(C)C(=O)OC1CCCCC1.CC1CCC(C=CC(=O)O)CC1. The summed E-state index contributed by atoms with van der Waals surface area (Å²) in [5, 5.41) is 8.41. The largest absolute Gasteiger partial charge is 0.478 e. The second kappa shape index (κ2) is 11.1. The van der Waals surface area contributed by atoms with Crippen molar-refractivity contribution < 1.29 is 19.4 Å². The van der Waals surface area contributed by atoms with Gasteiger partial charge in [0.15, 0.2) is 0 Å². The molecule has 0 saturated heterocycles. The van der Waals surface area contributed by atoms with Crippen LogP contribution >= 0.6 is 0 Å². The molecule has 0 aromatic heterocycles. The number of carbonyl (C=O) groups is 2. The average molecular weight is 336 g/mol. The Hall–Kier alpha value is -1.58. The third-order valence-electron chi connectivity index (χ3n) is 4.75. The van der Waals surface area contributed by atoms with Gasteiger partial charge in [-0.05, 0) is 57.3 Å². The normalized spacial score (nSPS) is 24.8. The lowest BCUT2D eigenvalue weighted by Crippen LogP contribution is -2.20. The second-order valence-electron chi connectivity index (χ2n) is 7.16. The minimum atomic E-state index is -0.825. The molecule has 0 atom stereocenters. The van der Waals surface area contributed by atoms with Crippen LogP contribution in [0.15, 0.2) is 24.3 Å². The lowest BCUT2D eigenvalue weighted by atomic mass is 9.83. The third-order valence-corrected chi connectivity index (χ3v) is 4.75. The van der Waals surface area contributed by atoms with Gasteiger partial charge < -0.3 is 9.84 Å². The Bertz CT molecular complexity index is 439. The number of rotatable bonds is 4. The fourth-order valence-corrected chi connectivity index (χ4v) is 3.13. The van der Waals surface area contributed by atoms with Gasteiger partial charge in [0.25, 0.3) is 0 Å². The van der Waals surface area contributed by atoms with Crippen molar-refractivity contribution in [2.24, 2.45) is 11.8 Å². The maximum absolute atomic E-state index is 11.1. The molecule has 4 heteroatoms. The number of hydrogen-bond acceptors (Lipinski definition) is 3. The first-order valence-corrected chi connectivity index (χ1v) is 9.16. The minimum absolute atomic E-state index is 0.156. The Balaban J connectivity index is 0.000000240. The van der Waals surface area contributed by atoms with Gasteiger partial charge in [0.2, 0.25) is 0 Å². The molecule has 0 heterocycles. The van der Waals surface area contributed by atoms with Gasteiger partial charge in [-0.2, -0.15) is 0 Å². The topological polar surface area (TPSA) is 63.6 Å². The standard InChI is InChI=1S/2C10H16O2/c1-8(2)10(11)12-9-6-4-3-5-7-9;1-8-2-4-9(5-3-8)6-7-10(11)12/h9H,1,3-7H2,2H3;6-9H,2-5H2,1H3,(H,11,12). The van der Waals surface area contributed by atoms with E-state index in [1.807, 2.05) is 6.08 Å². The average Bonchev–Trinajstić information content (AvgIpc) is 2.55. The molecule has 136 valence electrons. The number of esters is 1. The molecule has 0 amide bonds. The zero-order chi connectivity index (χ0) is 17.9. The van der Waals surface area contributed by atoms with E-state index in [4.69, 9.17) is 9.84 Å². The Morgan fingerprint density at radius 2 is 1.62 bits per heavy atom. The van der Waals surface area contributed by atoms with Gasteiger partial charge in [0.05, 0.1) is 0 Å². The van der Waals surface area contributed by atoms with Gasteiger partial charge in [-0.15, -0.1) is 0 Å². The van der Waals surface area contributed by atoms with E-state index in [9.17, 15) is 9.59 Å². The number of carboxylic acids is 1. The molecule has 0 spiro atoms. The minimum Gasteiger partial charge on any atom is -0.478 e. The highest BCUT2D eigenvalue weighted by molar-refractivity contribution is 5.87. The molecule has 1 N–H and O–H groups in total. The summed E-state index contributed by atoms with van der Waals surface area (Å²) in [5.41, 5.74) is 0.501. The lowest BCUT2D eigenvalue weighted by Gasteiger charge is -2.23. The quantitative estimate of drug-likeness (QED) is 0.586. The molecule has 2 aliphatic rings. The molecule has 2 rings (SSSR count). The Labute approximate surface area is 146 Å². The number of hydrogen-bond donors (Lipinski definition) is 1. The molecule has 2 aliphatic carbocycles. The molecule has 0 aliphatic heterocycles. The van der Waals surface area contributed by atoms with Crippen molar-refractivity contribution in [3.05, 3.63) is 24.3 Å². The van der Waals surface area contributed by atoms with Crippen LogP contribution in [0.5, 0.6) is 0 Å². The van der Waals surface area contributed by atoms with Crippen molar-refractivity contribution in [2.75, 3.05) is 0 Å². The van der Waals surface area contributed by atoms with Gasteiger partial charge in [0.1, 0.15) is 6.10 Å². The van der Waals surface area contributed by atoms with Gasteiger partial charge >= 0.3 is 11.9 Å². The first-order chi connectivity index (χ1) is 11.4. The van der Waals surface area contributed by atoms with E-state index in [2.05, 4.69) is 13.5 Å². The fraction of sp³-hybridized carbons (Fsp3) is 0.700. The van der Waals surface area contributed by atoms with Crippen LogP contribution in [-0.2, 0) is 14.3 Å². The summed E-state index contributed by atoms with van der Waals surface area (Å²) in [5.74, 6) is 0.285. The van der Waals surface area contributed by atoms with E-state index >= 15 is 0 Å². The molecule has 0 radical (unpaired) electrons. The smallest absolute Gasteiger partial charge is 0.333 e. The summed E-state index contributed by atoms with van der Waals surface area (Å²) >= 11 is 0. The summed E-state index contributed by atoms with van der Waals surface area (Å²) < 4.78 is 5.21. The number of carbonyl (C=O) groups excluding carboxylic acids is 1. The number of carboxylic acid groups (broad SMARTS) is 1. The van der Waals surface area contributed by atoms with Crippen LogP contribution in [0.3, 0.4) is 0 Å². The fourth-order valence-electron chi connectivity index (χ4n) is 3.13. The maximum Gasteiger partial charge on any atom is 0.333 e. The van der Waals surface area contributed by atoms with E-state index in [1.54, 1.807) is 6.92 Å². The van der Waals surface area contributed by atoms with Crippen LogP contribution in [0.1, 0.15) is 71.6 Å². The molecule has 0 bridgehead atoms. The Morgan fingerprint density at radius 3 is 2.12 bits per heavy atom. The highest BCUT2D eigenvalue weighted by atomic mass is 16.5. The van der Waals surface area contributed by atoms with Crippen molar-refractivity contribution in [1.29, 1.82) is 0 Å². The number of ether oxygens (including phenoxy) is 1. The summed E-state index contributed by atoms with van der Waals surface area (Å²) in [6.45, 7) is 7.49. The highest BCUT2D eigenvalue weighted by Crippen LogP contribution is 2.28. The zero-order valence-corrected chi connectivity index (χ0v) is 15.1.